The maximum atomic E-state index is 10.8. The first-order valence-corrected chi connectivity index (χ1v) is 15.9. The Bertz CT molecular complexity index is 1580. The van der Waals surface area contributed by atoms with E-state index in [1.807, 2.05) is 84.9 Å². The molecule has 0 radical (unpaired) electrons. The molecule has 240 valence electrons. The Labute approximate surface area is 275 Å². The van der Waals surface area contributed by atoms with Crippen LogP contribution in [0.5, 0.6) is 11.5 Å². The Morgan fingerprint density at radius 1 is 0.532 bits per heavy atom. The number of hydrogen-bond acceptors (Lipinski definition) is 8. The van der Waals surface area contributed by atoms with Gasteiger partial charge < -0.3 is 19.7 Å². The topological polar surface area (TPSA) is 108 Å². The minimum absolute atomic E-state index is 0.131. The average molecular weight is 629 g/mol. The number of hydrogen-bond donors (Lipinski definition) is 2. The predicted octanol–water partition coefficient (Wildman–Crippen LogP) is 6.29. The van der Waals surface area contributed by atoms with Crippen molar-refractivity contribution >= 4 is 24.9 Å². The quantitative estimate of drug-likeness (QED) is 0.171. The van der Waals surface area contributed by atoms with Crippen molar-refractivity contribution in [3.05, 3.63) is 131 Å². The molecule has 47 heavy (non-hydrogen) atoms. The molecule has 8 nitrogen and oxygen atoms in total. The summed E-state index contributed by atoms with van der Waals surface area (Å²) in [5.74, 6) is 1.36. The largest absolute Gasteiger partial charge is 0.491 e. The van der Waals surface area contributed by atoms with E-state index in [0.29, 0.717) is 24.3 Å². The molecular weight excluding hydrogens is 588 g/mol. The molecule has 0 saturated heterocycles. The Morgan fingerprint density at radius 3 is 1.21 bits per heavy atom. The lowest BCUT2D eigenvalue weighted by atomic mass is 9.78. The van der Waals surface area contributed by atoms with E-state index in [0.717, 1.165) is 22.3 Å². The van der Waals surface area contributed by atoms with Gasteiger partial charge in [-0.25, -0.2) is 0 Å². The van der Waals surface area contributed by atoms with Gasteiger partial charge in [0.1, 0.15) is 24.7 Å². The van der Waals surface area contributed by atoms with Crippen LogP contribution in [-0.2, 0) is 16.7 Å². The summed E-state index contributed by atoms with van der Waals surface area (Å²) >= 11 is 0. The van der Waals surface area contributed by atoms with E-state index in [9.17, 15) is 10.2 Å². The zero-order chi connectivity index (χ0) is 32.7. The molecule has 0 amide bonds. The van der Waals surface area contributed by atoms with Crippen LogP contribution in [0, 0.1) is 0 Å². The summed E-state index contributed by atoms with van der Waals surface area (Å²) in [4.78, 5) is 18.3. The van der Waals surface area contributed by atoms with Crippen molar-refractivity contribution in [2.75, 3.05) is 13.2 Å². The van der Waals surface area contributed by atoms with E-state index in [2.05, 4.69) is 58.1 Å². The van der Waals surface area contributed by atoms with Crippen molar-refractivity contribution in [3.8, 4) is 11.5 Å². The lowest BCUT2D eigenvalue weighted by Gasteiger charge is -2.27. The molecule has 0 fully saturated rings. The Kier molecular flexibility index (Phi) is 9.43. The summed E-state index contributed by atoms with van der Waals surface area (Å²) in [6.45, 7) is 4.60. The highest BCUT2D eigenvalue weighted by molar-refractivity contribution is 6.18. The lowest BCUT2D eigenvalue weighted by Crippen LogP contribution is -2.29. The molecule has 0 bridgehead atoms. The van der Waals surface area contributed by atoms with Crippen molar-refractivity contribution in [3.63, 3.8) is 0 Å². The van der Waals surface area contributed by atoms with Gasteiger partial charge in [-0.1, -0.05) is 98.8 Å². The fraction of sp³-hybridized carbons (Fsp3) is 0.282. The van der Waals surface area contributed by atoms with Gasteiger partial charge in [-0.2, -0.15) is 0 Å². The van der Waals surface area contributed by atoms with Crippen molar-refractivity contribution < 1.29 is 19.7 Å². The molecule has 0 spiro atoms. The Morgan fingerprint density at radius 2 is 0.872 bits per heavy atom. The number of aliphatic hydroxyl groups is 2. The van der Waals surface area contributed by atoms with Crippen LogP contribution in [0.2, 0.25) is 0 Å². The standard InChI is InChI=1S/C39H40N4O4/c1-37(2,29-13-17-35(18-14-29)46-27-33(44)25-38(40-21-22-41-38)31-9-5-3-6-10-31)30-15-19-36(20-16-30)47-28-34(45)26-39(42-23-24-43-39)32-11-7-4-8-12-32/h3-24,33-34,44-45H,25-28H2,1-2H3. The highest BCUT2D eigenvalue weighted by Gasteiger charge is 2.36. The lowest BCUT2D eigenvalue weighted by molar-refractivity contribution is 0.0798. The van der Waals surface area contributed by atoms with Gasteiger partial charge in [0.25, 0.3) is 0 Å². The molecule has 2 aliphatic rings. The summed E-state index contributed by atoms with van der Waals surface area (Å²) in [6.07, 6.45) is 5.85. The molecule has 2 heterocycles. The second kappa shape index (κ2) is 13.8. The Balaban J connectivity index is 1.02. The van der Waals surface area contributed by atoms with Crippen LogP contribution in [0.4, 0.5) is 0 Å². The maximum absolute atomic E-state index is 10.8. The molecule has 8 heteroatoms. The summed E-state index contributed by atoms with van der Waals surface area (Å²) in [6, 6.07) is 35.5. The van der Waals surface area contributed by atoms with E-state index in [4.69, 9.17) is 9.47 Å². The second-order valence-electron chi connectivity index (χ2n) is 12.5. The van der Waals surface area contributed by atoms with Gasteiger partial charge in [-0.15, -0.1) is 0 Å². The van der Waals surface area contributed by atoms with Gasteiger partial charge in [0, 0.05) is 54.2 Å². The molecule has 0 aromatic heterocycles. The Hall–Kier alpha value is -4.92. The minimum Gasteiger partial charge on any atom is -0.491 e. The van der Waals surface area contributed by atoms with Gasteiger partial charge >= 0.3 is 0 Å². The van der Waals surface area contributed by atoms with Crippen LogP contribution in [0.15, 0.2) is 129 Å². The summed E-state index contributed by atoms with van der Waals surface area (Å²) in [5, 5.41) is 21.7. The van der Waals surface area contributed by atoms with Gasteiger partial charge in [0.15, 0.2) is 11.3 Å². The third-order valence-corrected chi connectivity index (χ3v) is 8.84. The van der Waals surface area contributed by atoms with E-state index in [-0.39, 0.29) is 18.6 Å². The van der Waals surface area contributed by atoms with Crippen LogP contribution < -0.4 is 9.47 Å². The highest BCUT2D eigenvalue weighted by atomic mass is 16.5. The van der Waals surface area contributed by atoms with Gasteiger partial charge in [-0.05, 0) is 35.4 Å². The first-order valence-electron chi connectivity index (χ1n) is 15.9. The van der Waals surface area contributed by atoms with E-state index < -0.39 is 23.5 Å². The molecule has 6 rings (SSSR count). The fourth-order valence-electron chi connectivity index (χ4n) is 6.11. The first-order chi connectivity index (χ1) is 22.8. The summed E-state index contributed by atoms with van der Waals surface area (Å²) in [5.41, 5.74) is 2.21. The molecule has 0 aliphatic carbocycles. The molecule has 2 aliphatic heterocycles. The van der Waals surface area contributed by atoms with Crippen LogP contribution in [0.1, 0.15) is 48.9 Å². The van der Waals surface area contributed by atoms with Crippen molar-refractivity contribution in [1.82, 2.24) is 0 Å². The third kappa shape index (κ3) is 7.24. The van der Waals surface area contributed by atoms with Crippen LogP contribution in [0.25, 0.3) is 0 Å². The fourth-order valence-corrected chi connectivity index (χ4v) is 6.11. The summed E-state index contributed by atoms with van der Waals surface area (Å²) < 4.78 is 11.9. The summed E-state index contributed by atoms with van der Waals surface area (Å²) in [7, 11) is 0. The van der Waals surface area contributed by atoms with Crippen LogP contribution >= 0.6 is 0 Å². The van der Waals surface area contributed by atoms with Gasteiger partial charge in [-0.3, -0.25) is 20.0 Å². The molecule has 2 atom stereocenters. The van der Waals surface area contributed by atoms with Crippen molar-refractivity contribution in [2.45, 2.75) is 55.6 Å². The SMILES string of the molecule is CC(C)(c1ccc(OCC(O)CC2(c3ccccc3)N=CC=N2)cc1)c1ccc(OCC(O)CC2(c3ccccc3)N=CC=N2)cc1. The highest BCUT2D eigenvalue weighted by Crippen LogP contribution is 2.37. The van der Waals surface area contributed by atoms with Crippen molar-refractivity contribution in [1.29, 1.82) is 0 Å². The average Bonchev–Trinajstić information content (AvgIpc) is 3.79. The normalized spacial score (nSPS) is 17.1. The second-order valence-corrected chi connectivity index (χ2v) is 12.5. The molecule has 4 aromatic carbocycles. The first kappa shape index (κ1) is 32.0. The van der Waals surface area contributed by atoms with Gasteiger partial charge in [0.2, 0.25) is 0 Å². The number of benzene rings is 4. The molecule has 0 saturated carbocycles. The van der Waals surface area contributed by atoms with E-state index in [1.165, 1.54) is 0 Å². The van der Waals surface area contributed by atoms with E-state index in [1.54, 1.807) is 24.9 Å². The monoisotopic (exact) mass is 628 g/mol. The zero-order valence-electron chi connectivity index (χ0n) is 26.7. The minimum atomic E-state index is -0.816. The molecular formula is C39H40N4O4. The maximum Gasteiger partial charge on any atom is 0.178 e. The number of nitrogens with zero attached hydrogens (tertiary/aromatic N) is 4. The smallest absolute Gasteiger partial charge is 0.178 e. The number of ether oxygens (including phenoxy) is 2. The third-order valence-electron chi connectivity index (χ3n) is 8.84. The molecule has 4 aromatic rings. The molecule has 2 N–H and O–H groups in total. The van der Waals surface area contributed by atoms with Crippen molar-refractivity contribution in [2.24, 2.45) is 20.0 Å². The van der Waals surface area contributed by atoms with Gasteiger partial charge in [0.05, 0.1) is 12.2 Å². The number of aliphatic imine (C=N–C) groups is 4. The predicted molar refractivity (Wildman–Crippen MR) is 187 cm³/mol. The number of rotatable bonds is 14. The zero-order valence-corrected chi connectivity index (χ0v) is 26.7. The van der Waals surface area contributed by atoms with Crippen LogP contribution in [-0.4, -0.2) is 60.5 Å². The molecule has 2 unspecified atom stereocenters. The van der Waals surface area contributed by atoms with Crippen LogP contribution in [0.3, 0.4) is 0 Å². The van der Waals surface area contributed by atoms with E-state index >= 15 is 0 Å². The number of aliphatic hydroxyl groups excluding tert-OH is 2.